The minimum Gasteiger partial charge on any atom is -0.369 e. The van der Waals surface area contributed by atoms with Gasteiger partial charge in [-0.25, -0.2) is 9.37 Å². The highest BCUT2D eigenvalue weighted by molar-refractivity contribution is 14.1. The Morgan fingerprint density at radius 3 is 2.74 bits per heavy atom. The lowest BCUT2D eigenvalue weighted by Crippen LogP contribution is -2.08. The largest absolute Gasteiger partial charge is 0.369 e. The number of aryl methyl sites for hydroxylation is 1. The average Bonchev–Trinajstić information content (AvgIpc) is 2.40. The number of nitrogens with zero attached hydrogens (tertiary/aromatic N) is 2. The molecular weight excluding hydrogens is 358 g/mol. The third-order valence-electron chi connectivity index (χ3n) is 2.61. The Balaban J connectivity index is 1.80. The first-order valence-corrected chi connectivity index (χ1v) is 6.99. The van der Waals surface area contributed by atoms with Gasteiger partial charge in [0.15, 0.2) is 0 Å². The second-order valence-corrected chi connectivity index (χ2v) is 5.24. The number of aromatic nitrogens is 2. The van der Waals surface area contributed by atoms with Gasteiger partial charge in [-0.05, 0) is 53.1 Å². The van der Waals surface area contributed by atoms with Gasteiger partial charge in [0.2, 0.25) is 5.95 Å². The first kappa shape index (κ1) is 14.0. The molecule has 1 aromatic carbocycles. The fraction of sp³-hybridized carbons (Fsp3) is 0.231. The van der Waals surface area contributed by atoms with Gasteiger partial charge in [0, 0.05) is 12.7 Å². The molecule has 19 heavy (non-hydrogen) atoms. The number of nitrogens with two attached hydrogens (primary N) is 1. The first-order valence-electron chi connectivity index (χ1n) is 5.91. The van der Waals surface area contributed by atoms with Crippen molar-refractivity contribution in [2.45, 2.75) is 12.8 Å². The van der Waals surface area contributed by atoms with Crippen molar-refractivity contribution in [1.29, 1.82) is 0 Å². The number of benzene rings is 1. The lowest BCUT2D eigenvalue weighted by Gasteiger charge is -2.07. The molecule has 4 nitrogen and oxygen atoms in total. The van der Waals surface area contributed by atoms with Crippen LogP contribution in [0.5, 0.6) is 0 Å². The summed E-state index contributed by atoms with van der Waals surface area (Å²) in [5, 5.41) is 3.22. The molecule has 0 amide bonds. The minimum absolute atomic E-state index is 0.201. The third kappa shape index (κ3) is 4.30. The molecule has 6 heteroatoms. The summed E-state index contributed by atoms with van der Waals surface area (Å²) in [4.78, 5) is 8.03. The standard InChI is InChI=1S/C13H14FIN4/c14-10-5-3-9(4-6-10)2-1-7-17-12-11(15)8-18-13(16)19-12/h3-6,8H,1-2,7H2,(H3,16,17,18,19). The van der Waals surface area contributed by atoms with Crippen molar-refractivity contribution in [2.75, 3.05) is 17.6 Å². The van der Waals surface area contributed by atoms with Crippen molar-refractivity contribution >= 4 is 34.4 Å². The van der Waals surface area contributed by atoms with Gasteiger partial charge in [-0.2, -0.15) is 4.98 Å². The van der Waals surface area contributed by atoms with E-state index in [1.165, 1.54) is 12.1 Å². The number of rotatable bonds is 5. The number of hydrogen-bond donors (Lipinski definition) is 2. The number of nitrogen functional groups attached to an aromatic ring is 1. The van der Waals surface area contributed by atoms with Crippen LogP contribution in [0.25, 0.3) is 0 Å². The van der Waals surface area contributed by atoms with Crippen molar-refractivity contribution in [3.8, 4) is 0 Å². The fourth-order valence-electron chi connectivity index (χ4n) is 1.66. The maximum atomic E-state index is 12.7. The molecule has 2 rings (SSSR count). The topological polar surface area (TPSA) is 63.8 Å². The van der Waals surface area contributed by atoms with Crippen LogP contribution < -0.4 is 11.1 Å². The molecule has 0 aliphatic heterocycles. The van der Waals surface area contributed by atoms with Crippen LogP contribution >= 0.6 is 22.6 Å². The Kier molecular flexibility index (Phi) is 4.89. The number of nitrogens with one attached hydrogen (secondary N) is 1. The van der Waals surface area contributed by atoms with Crippen molar-refractivity contribution in [3.05, 3.63) is 45.4 Å². The predicted molar refractivity (Wildman–Crippen MR) is 82.4 cm³/mol. The monoisotopic (exact) mass is 372 g/mol. The van der Waals surface area contributed by atoms with Gasteiger partial charge in [-0.15, -0.1) is 0 Å². The van der Waals surface area contributed by atoms with Gasteiger partial charge in [0.25, 0.3) is 0 Å². The van der Waals surface area contributed by atoms with Crippen molar-refractivity contribution < 1.29 is 4.39 Å². The summed E-state index contributed by atoms with van der Waals surface area (Å²) in [7, 11) is 0. The Morgan fingerprint density at radius 2 is 2.00 bits per heavy atom. The normalized spacial score (nSPS) is 10.4. The van der Waals surface area contributed by atoms with E-state index in [0.29, 0.717) is 0 Å². The van der Waals surface area contributed by atoms with Crippen LogP contribution in [0.4, 0.5) is 16.2 Å². The van der Waals surface area contributed by atoms with Gasteiger partial charge < -0.3 is 11.1 Å². The molecule has 0 aliphatic rings. The molecule has 0 aliphatic carbocycles. The highest BCUT2D eigenvalue weighted by Crippen LogP contribution is 2.15. The molecule has 1 heterocycles. The summed E-state index contributed by atoms with van der Waals surface area (Å²) in [6, 6.07) is 6.58. The number of halogens is 2. The van der Waals surface area contributed by atoms with Crippen LogP contribution in [0.3, 0.4) is 0 Å². The Hall–Kier alpha value is -1.44. The zero-order chi connectivity index (χ0) is 13.7. The first-order chi connectivity index (χ1) is 9.15. The molecule has 0 fully saturated rings. The van der Waals surface area contributed by atoms with Gasteiger partial charge in [-0.1, -0.05) is 12.1 Å². The molecule has 100 valence electrons. The van der Waals surface area contributed by atoms with E-state index in [1.807, 2.05) is 12.1 Å². The quantitative estimate of drug-likeness (QED) is 0.626. The molecule has 0 atom stereocenters. The zero-order valence-corrected chi connectivity index (χ0v) is 12.4. The second-order valence-electron chi connectivity index (χ2n) is 4.08. The molecule has 0 saturated heterocycles. The second kappa shape index (κ2) is 6.65. The molecule has 2 aromatic rings. The van der Waals surface area contributed by atoms with E-state index in [0.717, 1.165) is 34.3 Å². The van der Waals surface area contributed by atoms with E-state index < -0.39 is 0 Å². The van der Waals surface area contributed by atoms with Crippen LogP contribution in [-0.4, -0.2) is 16.5 Å². The molecule has 0 radical (unpaired) electrons. The molecule has 0 unspecified atom stereocenters. The minimum atomic E-state index is -0.201. The Morgan fingerprint density at radius 1 is 1.26 bits per heavy atom. The van der Waals surface area contributed by atoms with Gasteiger partial charge in [-0.3, -0.25) is 0 Å². The summed E-state index contributed by atoms with van der Waals surface area (Å²) in [6.07, 6.45) is 3.52. The SMILES string of the molecule is Nc1ncc(I)c(NCCCc2ccc(F)cc2)n1. The lowest BCUT2D eigenvalue weighted by atomic mass is 10.1. The zero-order valence-electron chi connectivity index (χ0n) is 10.2. The van der Waals surface area contributed by atoms with Gasteiger partial charge in [0.1, 0.15) is 11.6 Å². The summed E-state index contributed by atoms with van der Waals surface area (Å²) in [6.45, 7) is 0.782. The maximum Gasteiger partial charge on any atom is 0.221 e. The van der Waals surface area contributed by atoms with E-state index >= 15 is 0 Å². The van der Waals surface area contributed by atoms with Crippen LogP contribution in [0.2, 0.25) is 0 Å². The summed E-state index contributed by atoms with van der Waals surface area (Å²) in [5.41, 5.74) is 6.66. The van der Waals surface area contributed by atoms with E-state index in [4.69, 9.17) is 5.73 Å². The maximum absolute atomic E-state index is 12.7. The smallest absolute Gasteiger partial charge is 0.221 e. The molecule has 3 N–H and O–H groups in total. The molecule has 0 saturated carbocycles. The third-order valence-corrected chi connectivity index (χ3v) is 3.40. The van der Waals surface area contributed by atoms with E-state index in [2.05, 4.69) is 37.9 Å². The van der Waals surface area contributed by atoms with E-state index in [9.17, 15) is 4.39 Å². The molecule has 0 spiro atoms. The summed E-state index contributed by atoms with van der Waals surface area (Å²) in [5.74, 6) is 0.821. The predicted octanol–water partition coefficient (Wildman–Crippen LogP) is 2.85. The van der Waals surface area contributed by atoms with Crippen LogP contribution in [0.15, 0.2) is 30.5 Å². The highest BCUT2D eigenvalue weighted by atomic mass is 127. The average molecular weight is 372 g/mol. The Bertz CT molecular complexity index is 545. The van der Waals surface area contributed by atoms with Crippen molar-refractivity contribution in [1.82, 2.24) is 9.97 Å². The van der Waals surface area contributed by atoms with Crippen LogP contribution in [0, 0.1) is 9.39 Å². The number of anilines is 2. The van der Waals surface area contributed by atoms with Gasteiger partial charge >= 0.3 is 0 Å². The van der Waals surface area contributed by atoms with Gasteiger partial charge in [0.05, 0.1) is 3.57 Å². The van der Waals surface area contributed by atoms with Crippen LogP contribution in [-0.2, 0) is 6.42 Å². The fourth-order valence-corrected chi connectivity index (χ4v) is 2.11. The van der Waals surface area contributed by atoms with Crippen molar-refractivity contribution in [2.24, 2.45) is 0 Å². The van der Waals surface area contributed by atoms with Crippen molar-refractivity contribution in [3.63, 3.8) is 0 Å². The number of hydrogen-bond acceptors (Lipinski definition) is 4. The van der Waals surface area contributed by atoms with E-state index in [1.54, 1.807) is 6.20 Å². The lowest BCUT2D eigenvalue weighted by molar-refractivity contribution is 0.626. The van der Waals surface area contributed by atoms with E-state index in [-0.39, 0.29) is 11.8 Å². The summed E-state index contributed by atoms with van der Waals surface area (Å²) >= 11 is 2.16. The Labute approximate surface area is 124 Å². The summed E-state index contributed by atoms with van der Waals surface area (Å²) < 4.78 is 13.7. The molecule has 1 aromatic heterocycles. The highest BCUT2D eigenvalue weighted by Gasteiger charge is 2.02. The molecular formula is C13H14FIN4. The molecule has 0 bridgehead atoms. The van der Waals surface area contributed by atoms with Crippen LogP contribution in [0.1, 0.15) is 12.0 Å².